The van der Waals surface area contributed by atoms with Crippen LogP contribution in [0.2, 0.25) is 0 Å². The normalized spacial score (nSPS) is 10.0. The van der Waals surface area contributed by atoms with Crippen molar-refractivity contribution in [2.45, 2.75) is 6.92 Å². The molecule has 0 radical (unpaired) electrons. The number of methoxy groups -OCH3 is 1. The maximum absolute atomic E-state index is 12.0. The topological polar surface area (TPSA) is 65.0 Å². The molecule has 5 heteroatoms. The van der Waals surface area contributed by atoms with E-state index in [9.17, 15) is 4.79 Å². The number of pyridine rings is 1. The van der Waals surface area contributed by atoms with E-state index in [1.807, 2.05) is 6.92 Å². The second kappa shape index (κ2) is 4.69. The minimum Gasteiger partial charge on any atom is -0.480 e. The van der Waals surface area contributed by atoms with Gasteiger partial charge in [-0.1, -0.05) is 0 Å². The molecule has 0 aliphatic heterocycles. The molecule has 0 unspecified atom stereocenters. The Bertz CT molecular complexity index is 538. The third kappa shape index (κ3) is 2.44. The summed E-state index contributed by atoms with van der Waals surface area (Å²) in [5.74, 6) is 0.181. The minimum absolute atomic E-state index is 0.198. The molecule has 2 rings (SSSR count). The average Bonchev–Trinajstić information content (AvgIpc) is 2.38. The number of hydrogen-bond donors (Lipinski definition) is 0. The lowest BCUT2D eigenvalue weighted by Crippen LogP contribution is -2.06. The predicted molar refractivity (Wildman–Crippen MR) is 61.0 cm³/mol. The highest BCUT2D eigenvalue weighted by Gasteiger charge is 2.11. The fourth-order valence-corrected chi connectivity index (χ4v) is 1.38. The van der Waals surface area contributed by atoms with Gasteiger partial charge in [0, 0.05) is 24.0 Å². The van der Waals surface area contributed by atoms with Crippen molar-refractivity contribution >= 4 is 5.78 Å². The molecule has 17 heavy (non-hydrogen) atoms. The van der Waals surface area contributed by atoms with Crippen molar-refractivity contribution in [3.8, 4) is 5.88 Å². The molecule has 2 aromatic heterocycles. The van der Waals surface area contributed by atoms with E-state index in [0.717, 1.165) is 5.56 Å². The van der Waals surface area contributed by atoms with Crippen LogP contribution in [0.5, 0.6) is 5.88 Å². The van der Waals surface area contributed by atoms with E-state index in [0.29, 0.717) is 11.4 Å². The van der Waals surface area contributed by atoms with Crippen LogP contribution in [-0.4, -0.2) is 28.1 Å². The highest BCUT2D eigenvalue weighted by Crippen LogP contribution is 2.10. The lowest BCUT2D eigenvalue weighted by Gasteiger charge is -2.01. The van der Waals surface area contributed by atoms with E-state index in [2.05, 4.69) is 15.2 Å². The lowest BCUT2D eigenvalue weighted by molar-refractivity contribution is 0.103. The van der Waals surface area contributed by atoms with Crippen LogP contribution in [0.4, 0.5) is 0 Å². The van der Waals surface area contributed by atoms with Crippen LogP contribution in [-0.2, 0) is 0 Å². The number of ketones is 1. The van der Waals surface area contributed by atoms with Gasteiger partial charge in [0.25, 0.3) is 0 Å². The zero-order valence-electron chi connectivity index (χ0n) is 9.54. The van der Waals surface area contributed by atoms with E-state index in [1.54, 1.807) is 24.4 Å². The number of aromatic nitrogens is 3. The summed E-state index contributed by atoms with van der Waals surface area (Å²) in [6.07, 6.45) is 3.21. The van der Waals surface area contributed by atoms with Crippen molar-refractivity contribution in [2.75, 3.05) is 7.11 Å². The Labute approximate surface area is 98.5 Å². The second-order valence-electron chi connectivity index (χ2n) is 3.54. The van der Waals surface area contributed by atoms with Gasteiger partial charge in [0.05, 0.1) is 7.11 Å². The second-order valence-corrected chi connectivity index (χ2v) is 3.54. The largest absolute Gasteiger partial charge is 0.480 e. The number of aryl methyl sites for hydroxylation is 1. The Morgan fingerprint density at radius 2 is 2.06 bits per heavy atom. The summed E-state index contributed by atoms with van der Waals surface area (Å²) >= 11 is 0. The highest BCUT2D eigenvalue weighted by molar-refractivity contribution is 6.07. The molecule has 0 aliphatic carbocycles. The molecule has 2 heterocycles. The van der Waals surface area contributed by atoms with Gasteiger partial charge in [0.2, 0.25) is 11.7 Å². The highest BCUT2D eigenvalue weighted by atomic mass is 16.5. The van der Waals surface area contributed by atoms with Crippen molar-refractivity contribution in [1.82, 2.24) is 15.2 Å². The third-order valence-corrected chi connectivity index (χ3v) is 2.22. The first-order valence-corrected chi connectivity index (χ1v) is 5.05. The number of carbonyl (C=O) groups excluding carboxylic acids is 1. The zero-order valence-corrected chi connectivity index (χ0v) is 9.54. The molecular weight excluding hydrogens is 218 g/mol. The third-order valence-electron chi connectivity index (χ3n) is 2.22. The summed E-state index contributed by atoms with van der Waals surface area (Å²) in [6, 6.07) is 4.95. The SMILES string of the molecule is COc1ccc(C(=O)c2cncc(C)c2)nn1. The number of nitrogens with zero attached hydrogens (tertiary/aromatic N) is 3. The average molecular weight is 229 g/mol. The smallest absolute Gasteiger partial charge is 0.233 e. The van der Waals surface area contributed by atoms with E-state index in [4.69, 9.17) is 4.74 Å². The first kappa shape index (κ1) is 11.2. The molecule has 86 valence electrons. The molecule has 0 spiro atoms. The van der Waals surface area contributed by atoms with Crippen LogP contribution < -0.4 is 4.74 Å². The molecular formula is C12H11N3O2. The standard InChI is InChI=1S/C12H11N3O2/c1-8-5-9(7-13-6-8)12(16)10-3-4-11(17-2)15-14-10/h3-7H,1-2H3. The number of ether oxygens (including phenoxy) is 1. The summed E-state index contributed by atoms with van der Waals surface area (Å²) in [4.78, 5) is 16.0. The quantitative estimate of drug-likeness (QED) is 0.745. The summed E-state index contributed by atoms with van der Waals surface area (Å²) < 4.78 is 4.88. The fourth-order valence-electron chi connectivity index (χ4n) is 1.38. The van der Waals surface area contributed by atoms with Crippen LogP contribution >= 0.6 is 0 Å². The maximum atomic E-state index is 12.0. The van der Waals surface area contributed by atoms with Crippen molar-refractivity contribution in [1.29, 1.82) is 0 Å². The van der Waals surface area contributed by atoms with E-state index >= 15 is 0 Å². The van der Waals surface area contributed by atoms with Crippen molar-refractivity contribution < 1.29 is 9.53 Å². The summed E-state index contributed by atoms with van der Waals surface area (Å²) in [6.45, 7) is 1.88. The molecule has 0 saturated heterocycles. The number of rotatable bonds is 3. The molecule has 5 nitrogen and oxygen atoms in total. The lowest BCUT2D eigenvalue weighted by atomic mass is 10.1. The zero-order chi connectivity index (χ0) is 12.3. The van der Waals surface area contributed by atoms with Crippen molar-refractivity contribution in [3.05, 3.63) is 47.4 Å². The van der Waals surface area contributed by atoms with Crippen LogP contribution in [0.15, 0.2) is 30.6 Å². The Balaban J connectivity index is 2.30. The fraction of sp³-hybridized carbons (Fsp3) is 0.167. The molecule has 0 atom stereocenters. The predicted octanol–water partition coefficient (Wildman–Crippen LogP) is 1.42. The van der Waals surface area contributed by atoms with Crippen LogP contribution in [0, 0.1) is 6.92 Å². The van der Waals surface area contributed by atoms with Crippen molar-refractivity contribution in [3.63, 3.8) is 0 Å². The van der Waals surface area contributed by atoms with Gasteiger partial charge in [-0.05, 0) is 24.6 Å². The molecule has 2 aromatic rings. The van der Waals surface area contributed by atoms with Gasteiger partial charge in [0.1, 0.15) is 5.69 Å². The number of hydrogen-bond acceptors (Lipinski definition) is 5. The van der Waals surface area contributed by atoms with Crippen LogP contribution in [0.3, 0.4) is 0 Å². The van der Waals surface area contributed by atoms with Crippen LogP contribution in [0.25, 0.3) is 0 Å². The first-order chi connectivity index (χ1) is 8.20. The Morgan fingerprint density at radius 3 is 2.65 bits per heavy atom. The molecule has 0 N–H and O–H groups in total. The maximum Gasteiger partial charge on any atom is 0.233 e. The minimum atomic E-state index is -0.198. The summed E-state index contributed by atoms with van der Waals surface area (Å²) in [5, 5.41) is 7.56. The monoisotopic (exact) mass is 229 g/mol. The van der Waals surface area contributed by atoms with Gasteiger partial charge in [-0.2, -0.15) is 0 Å². The Kier molecular flexibility index (Phi) is 3.09. The molecule has 0 saturated carbocycles. The van der Waals surface area contributed by atoms with Gasteiger partial charge >= 0.3 is 0 Å². The van der Waals surface area contributed by atoms with Gasteiger partial charge in [-0.3, -0.25) is 9.78 Å². The summed E-state index contributed by atoms with van der Waals surface area (Å²) in [7, 11) is 1.50. The van der Waals surface area contributed by atoms with E-state index in [1.165, 1.54) is 13.3 Å². The van der Waals surface area contributed by atoms with Gasteiger partial charge in [0.15, 0.2) is 0 Å². The van der Waals surface area contributed by atoms with E-state index in [-0.39, 0.29) is 11.5 Å². The summed E-state index contributed by atoms with van der Waals surface area (Å²) in [5.41, 5.74) is 1.71. The van der Waals surface area contributed by atoms with Gasteiger partial charge in [-0.15, -0.1) is 10.2 Å². The van der Waals surface area contributed by atoms with Gasteiger partial charge in [-0.25, -0.2) is 0 Å². The van der Waals surface area contributed by atoms with Crippen molar-refractivity contribution in [2.24, 2.45) is 0 Å². The Morgan fingerprint density at radius 1 is 1.24 bits per heavy atom. The van der Waals surface area contributed by atoms with Gasteiger partial charge < -0.3 is 4.74 Å². The van der Waals surface area contributed by atoms with Crippen LogP contribution in [0.1, 0.15) is 21.6 Å². The Hall–Kier alpha value is -2.30. The first-order valence-electron chi connectivity index (χ1n) is 5.05. The molecule has 0 aliphatic rings. The van der Waals surface area contributed by atoms with E-state index < -0.39 is 0 Å². The molecule has 0 fully saturated rings. The molecule has 0 bridgehead atoms. The molecule has 0 aromatic carbocycles. The number of carbonyl (C=O) groups is 1. The molecule has 0 amide bonds.